The van der Waals surface area contributed by atoms with Crippen molar-refractivity contribution in [3.8, 4) is 5.75 Å². The maximum Gasteiger partial charge on any atom is 0.256 e. The Morgan fingerprint density at radius 2 is 1.67 bits per heavy atom. The Bertz CT molecular complexity index is 819. The summed E-state index contributed by atoms with van der Waals surface area (Å²) in [4.78, 5) is 12.5. The Hall–Kier alpha value is -2.81. The lowest BCUT2D eigenvalue weighted by atomic mass is 10.0. The van der Waals surface area contributed by atoms with Gasteiger partial charge in [-0.15, -0.1) is 0 Å². The van der Waals surface area contributed by atoms with Gasteiger partial charge in [-0.1, -0.05) is 42.5 Å². The van der Waals surface area contributed by atoms with E-state index >= 15 is 0 Å². The van der Waals surface area contributed by atoms with Gasteiger partial charge in [0.2, 0.25) is 0 Å². The molecule has 0 aliphatic rings. The third kappa shape index (κ3) is 2.46. The van der Waals surface area contributed by atoms with E-state index in [4.69, 9.17) is 0 Å². The fourth-order valence-electron chi connectivity index (χ4n) is 2.37. The second-order valence-corrected chi connectivity index (χ2v) is 4.93. The van der Waals surface area contributed by atoms with Crippen LogP contribution in [0.1, 0.15) is 15.9 Å². The Morgan fingerprint density at radius 3 is 2.52 bits per heavy atom. The molecule has 2 N–H and O–H groups in total. The largest absolute Gasteiger partial charge is 0.508 e. The van der Waals surface area contributed by atoms with Crippen LogP contribution in [0.15, 0.2) is 60.7 Å². The Labute approximate surface area is 122 Å². The summed E-state index contributed by atoms with van der Waals surface area (Å²) in [6, 6.07) is 18.5. The summed E-state index contributed by atoms with van der Waals surface area (Å²) in [6.45, 7) is 1.77. The molecule has 1 amide bonds. The van der Waals surface area contributed by atoms with Crippen LogP contribution in [0.3, 0.4) is 0 Å². The summed E-state index contributed by atoms with van der Waals surface area (Å²) in [5.74, 6) is -0.00813. The fraction of sp³-hybridized carbons (Fsp3) is 0.0556. The number of hydrogen-bond acceptors (Lipinski definition) is 2. The number of phenols is 1. The number of fused-ring (bicyclic) bond motifs is 1. The van der Waals surface area contributed by atoms with Crippen molar-refractivity contribution in [3.63, 3.8) is 0 Å². The van der Waals surface area contributed by atoms with E-state index in [2.05, 4.69) is 5.32 Å². The summed E-state index contributed by atoms with van der Waals surface area (Å²) in [6.07, 6.45) is 0. The number of phenolic OH excluding ortho intramolecular Hbond substituents is 1. The van der Waals surface area contributed by atoms with Gasteiger partial charge in [-0.2, -0.15) is 0 Å². The van der Waals surface area contributed by atoms with Crippen molar-refractivity contribution in [1.29, 1.82) is 0 Å². The molecule has 0 saturated carbocycles. The molecule has 0 bridgehead atoms. The van der Waals surface area contributed by atoms with Gasteiger partial charge in [0.25, 0.3) is 5.91 Å². The van der Waals surface area contributed by atoms with Gasteiger partial charge in [-0.3, -0.25) is 4.79 Å². The van der Waals surface area contributed by atoms with Crippen LogP contribution in [-0.4, -0.2) is 11.0 Å². The van der Waals surface area contributed by atoms with Crippen molar-refractivity contribution in [2.24, 2.45) is 0 Å². The van der Waals surface area contributed by atoms with Gasteiger partial charge in [0, 0.05) is 16.8 Å². The predicted molar refractivity (Wildman–Crippen MR) is 84.7 cm³/mol. The zero-order valence-corrected chi connectivity index (χ0v) is 11.6. The number of rotatable bonds is 2. The first-order valence-corrected chi connectivity index (χ1v) is 6.74. The molecule has 3 nitrogen and oxygen atoms in total. The van der Waals surface area contributed by atoms with Crippen molar-refractivity contribution in [3.05, 3.63) is 71.8 Å². The second kappa shape index (κ2) is 5.29. The van der Waals surface area contributed by atoms with Crippen LogP contribution in [0.4, 0.5) is 5.69 Å². The van der Waals surface area contributed by atoms with Gasteiger partial charge in [0.05, 0.1) is 0 Å². The fourth-order valence-corrected chi connectivity index (χ4v) is 2.37. The van der Waals surface area contributed by atoms with E-state index in [1.165, 1.54) is 0 Å². The number of nitrogens with one attached hydrogen (secondary N) is 1. The van der Waals surface area contributed by atoms with E-state index in [0.29, 0.717) is 16.8 Å². The molecule has 0 heterocycles. The zero-order valence-electron chi connectivity index (χ0n) is 11.6. The van der Waals surface area contributed by atoms with Gasteiger partial charge in [-0.25, -0.2) is 0 Å². The van der Waals surface area contributed by atoms with Crippen molar-refractivity contribution in [1.82, 2.24) is 0 Å². The first-order chi connectivity index (χ1) is 10.2. The molecule has 0 aromatic heterocycles. The van der Waals surface area contributed by atoms with Crippen LogP contribution in [0.25, 0.3) is 10.8 Å². The third-order valence-electron chi connectivity index (χ3n) is 3.59. The molecule has 3 heteroatoms. The van der Waals surface area contributed by atoms with Crippen LogP contribution in [0, 0.1) is 6.92 Å². The molecule has 0 aliphatic carbocycles. The normalized spacial score (nSPS) is 10.5. The van der Waals surface area contributed by atoms with E-state index in [9.17, 15) is 9.90 Å². The molecule has 0 aliphatic heterocycles. The van der Waals surface area contributed by atoms with Crippen molar-refractivity contribution in [2.75, 3.05) is 5.32 Å². The number of benzene rings is 3. The molecule has 0 fully saturated rings. The number of carbonyl (C=O) groups excluding carboxylic acids is 1. The lowest BCUT2D eigenvalue weighted by Crippen LogP contribution is -2.13. The number of carbonyl (C=O) groups is 1. The van der Waals surface area contributed by atoms with E-state index in [1.54, 1.807) is 31.2 Å². The highest BCUT2D eigenvalue weighted by atomic mass is 16.3. The van der Waals surface area contributed by atoms with Crippen LogP contribution in [0.5, 0.6) is 5.75 Å². The lowest BCUT2D eigenvalue weighted by Gasteiger charge is -2.11. The molecule has 3 aromatic carbocycles. The van der Waals surface area contributed by atoms with Crippen molar-refractivity contribution >= 4 is 22.4 Å². The van der Waals surface area contributed by atoms with Crippen LogP contribution in [0.2, 0.25) is 0 Å². The van der Waals surface area contributed by atoms with E-state index in [1.807, 2.05) is 36.4 Å². The molecule has 3 rings (SSSR count). The first kappa shape index (κ1) is 13.2. The summed E-state index contributed by atoms with van der Waals surface area (Å²) in [5, 5.41) is 14.5. The monoisotopic (exact) mass is 277 g/mol. The Morgan fingerprint density at radius 1 is 0.952 bits per heavy atom. The topological polar surface area (TPSA) is 49.3 Å². The molecule has 0 spiro atoms. The molecule has 3 aromatic rings. The van der Waals surface area contributed by atoms with E-state index in [-0.39, 0.29) is 11.7 Å². The SMILES string of the molecule is Cc1c(O)cccc1NC(=O)c1cccc2ccccc12. The quantitative estimate of drug-likeness (QED) is 0.740. The average molecular weight is 277 g/mol. The summed E-state index contributed by atoms with van der Waals surface area (Å²) in [7, 11) is 0. The van der Waals surface area contributed by atoms with Gasteiger partial charge in [-0.05, 0) is 35.9 Å². The first-order valence-electron chi connectivity index (χ1n) is 6.74. The minimum Gasteiger partial charge on any atom is -0.508 e. The smallest absolute Gasteiger partial charge is 0.256 e. The minimum atomic E-state index is -0.180. The Kier molecular flexibility index (Phi) is 3.32. The van der Waals surface area contributed by atoms with E-state index in [0.717, 1.165) is 10.8 Å². The molecular weight excluding hydrogens is 262 g/mol. The summed E-state index contributed by atoms with van der Waals surface area (Å²) in [5.41, 5.74) is 1.90. The van der Waals surface area contributed by atoms with Gasteiger partial charge in [0.1, 0.15) is 5.75 Å². The molecule has 0 saturated heterocycles. The average Bonchev–Trinajstić information content (AvgIpc) is 2.51. The lowest BCUT2D eigenvalue weighted by molar-refractivity contribution is 0.102. The Balaban J connectivity index is 2.00. The summed E-state index contributed by atoms with van der Waals surface area (Å²) >= 11 is 0. The highest BCUT2D eigenvalue weighted by Gasteiger charge is 2.11. The summed E-state index contributed by atoms with van der Waals surface area (Å²) < 4.78 is 0. The number of hydrogen-bond donors (Lipinski definition) is 2. The number of aromatic hydroxyl groups is 1. The van der Waals surface area contributed by atoms with Crippen molar-refractivity contribution < 1.29 is 9.90 Å². The van der Waals surface area contributed by atoms with Crippen LogP contribution < -0.4 is 5.32 Å². The van der Waals surface area contributed by atoms with Gasteiger partial charge < -0.3 is 10.4 Å². The van der Waals surface area contributed by atoms with E-state index < -0.39 is 0 Å². The molecule has 0 unspecified atom stereocenters. The highest BCUT2D eigenvalue weighted by Crippen LogP contribution is 2.25. The standard InChI is InChI=1S/C18H15NO2/c1-12-16(10-5-11-17(12)20)19-18(21)15-9-4-7-13-6-2-3-8-14(13)15/h2-11,20H,1H3,(H,19,21). The third-order valence-corrected chi connectivity index (χ3v) is 3.59. The highest BCUT2D eigenvalue weighted by molar-refractivity contribution is 6.13. The van der Waals surface area contributed by atoms with Crippen LogP contribution >= 0.6 is 0 Å². The van der Waals surface area contributed by atoms with Gasteiger partial charge in [0.15, 0.2) is 0 Å². The van der Waals surface area contributed by atoms with Crippen LogP contribution in [-0.2, 0) is 0 Å². The molecule has 21 heavy (non-hydrogen) atoms. The number of amides is 1. The van der Waals surface area contributed by atoms with Gasteiger partial charge >= 0.3 is 0 Å². The predicted octanol–water partition coefficient (Wildman–Crippen LogP) is 4.11. The molecule has 0 radical (unpaired) electrons. The maximum atomic E-state index is 12.5. The minimum absolute atomic E-state index is 0.172. The molecular formula is C18H15NO2. The maximum absolute atomic E-state index is 12.5. The molecule has 104 valence electrons. The second-order valence-electron chi connectivity index (χ2n) is 4.93. The number of anilines is 1. The van der Waals surface area contributed by atoms with Crippen molar-refractivity contribution in [2.45, 2.75) is 6.92 Å². The molecule has 0 atom stereocenters. The zero-order chi connectivity index (χ0) is 14.8.